The number of sulfonamides is 1. The molecule has 0 bridgehead atoms. The van der Waals surface area contributed by atoms with Gasteiger partial charge in [-0.2, -0.15) is 0 Å². The highest BCUT2D eigenvalue weighted by molar-refractivity contribution is 7.89. The lowest BCUT2D eigenvalue weighted by Gasteiger charge is -2.04. The van der Waals surface area contributed by atoms with Crippen molar-refractivity contribution in [2.75, 3.05) is 5.75 Å². The van der Waals surface area contributed by atoms with Crippen molar-refractivity contribution in [2.24, 2.45) is 0 Å². The van der Waals surface area contributed by atoms with Crippen molar-refractivity contribution in [1.29, 1.82) is 0 Å². The van der Waals surface area contributed by atoms with Crippen molar-refractivity contribution < 1.29 is 12.8 Å². The van der Waals surface area contributed by atoms with Gasteiger partial charge in [-0.05, 0) is 30.0 Å². The van der Waals surface area contributed by atoms with Crippen LogP contribution in [0.5, 0.6) is 0 Å². The fourth-order valence-corrected chi connectivity index (χ4v) is 3.19. The molecule has 6 heteroatoms. The number of rotatable bonds is 6. The minimum atomic E-state index is -3.24. The molecule has 0 spiro atoms. The van der Waals surface area contributed by atoms with E-state index in [1.54, 1.807) is 23.5 Å². The van der Waals surface area contributed by atoms with E-state index in [-0.39, 0.29) is 12.3 Å². The number of furan rings is 1. The summed E-state index contributed by atoms with van der Waals surface area (Å²) in [6, 6.07) is 7.33. The van der Waals surface area contributed by atoms with Gasteiger partial charge >= 0.3 is 0 Å². The Morgan fingerprint density at radius 1 is 1.29 bits per heavy atom. The fraction of sp³-hybridized carbons (Fsp3) is 0.273. The van der Waals surface area contributed by atoms with Crippen molar-refractivity contribution >= 4 is 21.4 Å². The van der Waals surface area contributed by atoms with Gasteiger partial charge in [0.2, 0.25) is 10.0 Å². The van der Waals surface area contributed by atoms with Crippen LogP contribution in [0.2, 0.25) is 0 Å². The van der Waals surface area contributed by atoms with E-state index in [2.05, 4.69) is 4.72 Å². The standard InChI is InChI=1S/C11H13NO3S2/c13-17(14,8-5-11-4-2-7-16-11)12-9-10-3-1-6-15-10/h1-4,6-7,12H,5,8-9H2. The highest BCUT2D eigenvalue weighted by Crippen LogP contribution is 2.10. The molecule has 0 aliphatic carbocycles. The second-order valence-corrected chi connectivity index (χ2v) is 6.51. The van der Waals surface area contributed by atoms with Gasteiger partial charge < -0.3 is 4.42 Å². The number of aryl methyl sites for hydroxylation is 1. The second-order valence-electron chi connectivity index (χ2n) is 3.55. The highest BCUT2D eigenvalue weighted by atomic mass is 32.2. The first kappa shape index (κ1) is 12.3. The van der Waals surface area contributed by atoms with E-state index < -0.39 is 10.0 Å². The van der Waals surface area contributed by atoms with Crippen LogP contribution in [-0.4, -0.2) is 14.2 Å². The molecule has 0 atom stereocenters. The largest absolute Gasteiger partial charge is 0.468 e. The van der Waals surface area contributed by atoms with Crippen LogP contribution < -0.4 is 4.72 Å². The third kappa shape index (κ3) is 3.99. The van der Waals surface area contributed by atoms with E-state index in [4.69, 9.17) is 4.42 Å². The summed E-state index contributed by atoms with van der Waals surface area (Å²) in [5, 5.41) is 1.94. The van der Waals surface area contributed by atoms with Gasteiger partial charge in [-0.3, -0.25) is 0 Å². The van der Waals surface area contributed by atoms with E-state index in [1.807, 2.05) is 17.5 Å². The van der Waals surface area contributed by atoms with Gasteiger partial charge in [0.05, 0.1) is 18.6 Å². The molecule has 0 aromatic carbocycles. The zero-order valence-corrected chi connectivity index (χ0v) is 10.8. The Balaban J connectivity index is 1.82. The van der Waals surface area contributed by atoms with Gasteiger partial charge in [0.25, 0.3) is 0 Å². The van der Waals surface area contributed by atoms with Gasteiger partial charge in [0.1, 0.15) is 5.76 Å². The van der Waals surface area contributed by atoms with E-state index in [1.165, 1.54) is 6.26 Å². The molecule has 0 aliphatic heterocycles. The molecule has 92 valence electrons. The molecule has 17 heavy (non-hydrogen) atoms. The number of hydrogen-bond donors (Lipinski definition) is 1. The van der Waals surface area contributed by atoms with Gasteiger partial charge in [-0.25, -0.2) is 13.1 Å². The molecule has 2 rings (SSSR count). The van der Waals surface area contributed by atoms with Crippen molar-refractivity contribution in [1.82, 2.24) is 4.72 Å². The summed E-state index contributed by atoms with van der Waals surface area (Å²) in [7, 11) is -3.24. The average molecular weight is 271 g/mol. The smallest absolute Gasteiger partial charge is 0.212 e. The zero-order valence-electron chi connectivity index (χ0n) is 9.13. The molecule has 1 N–H and O–H groups in total. The number of thiophene rings is 1. The van der Waals surface area contributed by atoms with Crippen LogP contribution in [0, 0.1) is 0 Å². The average Bonchev–Trinajstić information content (AvgIpc) is 2.97. The maximum atomic E-state index is 11.7. The van der Waals surface area contributed by atoms with Crippen LogP contribution in [0.25, 0.3) is 0 Å². The van der Waals surface area contributed by atoms with Crippen LogP contribution in [-0.2, 0) is 23.0 Å². The van der Waals surface area contributed by atoms with E-state index in [0.29, 0.717) is 12.2 Å². The van der Waals surface area contributed by atoms with Crippen molar-refractivity contribution in [3.63, 3.8) is 0 Å². The molecule has 0 fully saturated rings. The highest BCUT2D eigenvalue weighted by Gasteiger charge is 2.11. The van der Waals surface area contributed by atoms with Crippen LogP contribution >= 0.6 is 11.3 Å². The lowest BCUT2D eigenvalue weighted by Crippen LogP contribution is -2.26. The van der Waals surface area contributed by atoms with Crippen molar-refractivity contribution in [3.05, 3.63) is 46.5 Å². The zero-order chi connectivity index (χ0) is 12.1. The quantitative estimate of drug-likeness (QED) is 0.874. The SMILES string of the molecule is O=S(=O)(CCc1cccs1)NCc1ccco1. The van der Waals surface area contributed by atoms with Crippen molar-refractivity contribution in [2.45, 2.75) is 13.0 Å². The van der Waals surface area contributed by atoms with Crippen LogP contribution in [0.3, 0.4) is 0 Å². The Morgan fingerprint density at radius 3 is 2.82 bits per heavy atom. The van der Waals surface area contributed by atoms with E-state index >= 15 is 0 Å². The Bertz CT molecular complexity index is 485. The predicted octanol–water partition coefficient (Wildman–Crippen LogP) is 2.00. The molecule has 2 aromatic heterocycles. The number of nitrogens with one attached hydrogen (secondary N) is 1. The Kier molecular flexibility index (Phi) is 3.98. The molecule has 2 aromatic rings. The van der Waals surface area contributed by atoms with Crippen LogP contribution in [0.1, 0.15) is 10.6 Å². The minimum absolute atomic E-state index is 0.105. The summed E-state index contributed by atoms with van der Waals surface area (Å²) in [5.41, 5.74) is 0. The molecule has 0 saturated heterocycles. The third-order valence-corrected chi connectivity index (χ3v) is 4.51. The summed E-state index contributed by atoms with van der Waals surface area (Å²) in [4.78, 5) is 1.08. The van der Waals surface area contributed by atoms with Gasteiger partial charge in [-0.1, -0.05) is 6.07 Å². The minimum Gasteiger partial charge on any atom is -0.468 e. The first-order valence-corrected chi connectivity index (χ1v) is 7.71. The Morgan fingerprint density at radius 2 is 2.18 bits per heavy atom. The maximum absolute atomic E-state index is 11.7. The predicted molar refractivity (Wildman–Crippen MR) is 67.4 cm³/mol. The first-order valence-electron chi connectivity index (χ1n) is 5.18. The molecule has 2 heterocycles. The van der Waals surface area contributed by atoms with Gasteiger partial charge in [0, 0.05) is 4.88 Å². The maximum Gasteiger partial charge on any atom is 0.212 e. The molecule has 0 amide bonds. The van der Waals surface area contributed by atoms with Gasteiger partial charge in [-0.15, -0.1) is 11.3 Å². The third-order valence-electron chi connectivity index (χ3n) is 2.24. The van der Waals surface area contributed by atoms with Crippen molar-refractivity contribution in [3.8, 4) is 0 Å². The lowest BCUT2D eigenvalue weighted by molar-refractivity contribution is 0.498. The Hall–Kier alpha value is -1.11. The summed E-state index contributed by atoms with van der Waals surface area (Å²) >= 11 is 1.57. The molecule has 0 saturated carbocycles. The molecule has 4 nitrogen and oxygen atoms in total. The monoisotopic (exact) mass is 271 g/mol. The fourth-order valence-electron chi connectivity index (χ4n) is 1.36. The number of hydrogen-bond acceptors (Lipinski definition) is 4. The molecule has 0 radical (unpaired) electrons. The van der Waals surface area contributed by atoms with E-state index in [9.17, 15) is 8.42 Å². The topological polar surface area (TPSA) is 59.3 Å². The molecular weight excluding hydrogens is 258 g/mol. The first-order chi connectivity index (χ1) is 8.16. The molecular formula is C11H13NO3S2. The van der Waals surface area contributed by atoms with E-state index in [0.717, 1.165) is 4.88 Å². The van der Waals surface area contributed by atoms with Gasteiger partial charge in [0.15, 0.2) is 0 Å². The summed E-state index contributed by atoms with van der Waals surface area (Å²) in [5.74, 6) is 0.721. The normalized spacial score (nSPS) is 11.8. The Labute approximate surface area is 104 Å². The summed E-state index contributed by atoms with van der Waals surface area (Å²) in [6.45, 7) is 0.208. The lowest BCUT2D eigenvalue weighted by atomic mass is 10.4. The van der Waals surface area contributed by atoms with Crippen LogP contribution in [0.4, 0.5) is 0 Å². The molecule has 0 unspecified atom stereocenters. The summed E-state index contributed by atoms with van der Waals surface area (Å²) in [6.07, 6.45) is 2.07. The molecule has 0 aliphatic rings. The summed E-state index contributed by atoms with van der Waals surface area (Å²) < 4.78 is 30.9. The van der Waals surface area contributed by atoms with Crippen LogP contribution in [0.15, 0.2) is 40.3 Å². The second kappa shape index (κ2) is 5.48.